The summed E-state index contributed by atoms with van der Waals surface area (Å²) >= 11 is 6.01. The number of aromatic nitrogens is 2. The Morgan fingerprint density at radius 2 is 1.92 bits per heavy atom. The Bertz CT molecular complexity index is 849. The lowest BCUT2D eigenvalue weighted by atomic mass is 9.92. The first kappa shape index (κ1) is 20.0. The second-order valence-electron chi connectivity index (χ2n) is 6.84. The van der Waals surface area contributed by atoms with Gasteiger partial charge in [0.2, 0.25) is 0 Å². The maximum absolute atomic E-state index is 12.8. The SMILES string of the molecule is CC(C)(C)c1cc(C=CC(=O)O)n(Cc2ccc(C(F)(F)F)cc2Cl)n1. The van der Waals surface area contributed by atoms with Crippen molar-refractivity contribution in [3.8, 4) is 0 Å². The summed E-state index contributed by atoms with van der Waals surface area (Å²) in [5, 5.41) is 13.3. The van der Waals surface area contributed by atoms with E-state index in [0.717, 1.165) is 23.9 Å². The minimum absolute atomic E-state index is 0.0270. The molecule has 4 nitrogen and oxygen atoms in total. The van der Waals surface area contributed by atoms with E-state index < -0.39 is 17.7 Å². The normalized spacial score (nSPS) is 12.7. The number of halogens is 4. The highest BCUT2D eigenvalue weighted by atomic mass is 35.5. The van der Waals surface area contributed by atoms with Crippen LogP contribution in [-0.2, 0) is 22.9 Å². The van der Waals surface area contributed by atoms with Gasteiger partial charge in [-0.2, -0.15) is 18.3 Å². The van der Waals surface area contributed by atoms with Crippen molar-refractivity contribution in [3.05, 3.63) is 57.9 Å². The Labute approximate surface area is 153 Å². The van der Waals surface area contributed by atoms with Crippen LogP contribution in [0, 0.1) is 0 Å². The Morgan fingerprint density at radius 1 is 1.27 bits per heavy atom. The van der Waals surface area contributed by atoms with Crippen LogP contribution in [0.5, 0.6) is 0 Å². The highest BCUT2D eigenvalue weighted by Gasteiger charge is 2.31. The van der Waals surface area contributed by atoms with Crippen LogP contribution in [0.2, 0.25) is 5.02 Å². The molecule has 0 aliphatic rings. The molecule has 1 aromatic carbocycles. The van der Waals surface area contributed by atoms with Crippen LogP contribution in [0.15, 0.2) is 30.3 Å². The zero-order valence-corrected chi connectivity index (χ0v) is 15.2. The molecule has 0 unspecified atom stereocenters. The Hall–Kier alpha value is -2.28. The first-order chi connectivity index (χ1) is 11.9. The predicted octanol–water partition coefficient (Wildman–Crippen LogP) is 5.00. The molecule has 0 atom stereocenters. The Kier molecular flexibility index (Phi) is 5.51. The van der Waals surface area contributed by atoms with E-state index in [1.165, 1.54) is 16.8 Å². The summed E-state index contributed by atoms with van der Waals surface area (Å²) in [6, 6.07) is 4.88. The summed E-state index contributed by atoms with van der Waals surface area (Å²) in [6.45, 7) is 5.98. The van der Waals surface area contributed by atoms with Crippen molar-refractivity contribution in [3.63, 3.8) is 0 Å². The smallest absolute Gasteiger partial charge is 0.416 e. The van der Waals surface area contributed by atoms with E-state index in [4.69, 9.17) is 16.7 Å². The number of carboxylic acid groups (broad SMARTS) is 1. The number of hydrogen-bond acceptors (Lipinski definition) is 2. The lowest BCUT2D eigenvalue weighted by Gasteiger charge is -2.14. The molecule has 1 aromatic heterocycles. The number of benzene rings is 1. The van der Waals surface area contributed by atoms with Gasteiger partial charge in [-0.15, -0.1) is 0 Å². The number of rotatable bonds is 4. The Morgan fingerprint density at radius 3 is 2.42 bits per heavy atom. The fourth-order valence-corrected chi connectivity index (χ4v) is 2.47. The summed E-state index contributed by atoms with van der Waals surface area (Å²) in [7, 11) is 0. The summed E-state index contributed by atoms with van der Waals surface area (Å²) < 4.78 is 39.8. The molecule has 140 valence electrons. The maximum Gasteiger partial charge on any atom is 0.416 e. The van der Waals surface area contributed by atoms with Gasteiger partial charge in [0, 0.05) is 16.5 Å². The third-order valence-electron chi connectivity index (χ3n) is 3.68. The van der Waals surface area contributed by atoms with E-state index in [0.29, 0.717) is 11.3 Å². The van der Waals surface area contributed by atoms with Crippen LogP contribution >= 0.6 is 11.6 Å². The fourth-order valence-electron chi connectivity index (χ4n) is 2.23. The topological polar surface area (TPSA) is 55.1 Å². The monoisotopic (exact) mass is 386 g/mol. The van der Waals surface area contributed by atoms with Gasteiger partial charge in [0.25, 0.3) is 0 Å². The lowest BCUT2D eigenvalue weighted by molar-refractivity contribution is -0.137. The van der Waals surface area contributed by atoms with E-state index in [2.05, 4.69) is 5.10 Å². The van der Waals surface area contributed by atoms with Crippen LogP contribution < -0.4 is 0 Å². The molecule has 26 heavy (non-hydrogen) atoms. The molecule has 0 saturated carbocycles. The molecular weight excluding hydrogens is 369 g/mol. The number of nitrogens with zero attached hydrogens (tertiary/aromatic N) is 2. The van der Waals surface area contributed by atoms with Crippen LogP contribution in [0.25, 0.3) is 6.08 Å². The van der Waals surface area contributed by atoms with E-state index in [9.17, 15) is 18.0 Å². The van der Waals surface area contributed by atoms with E-state index in [1.807, 2.05) is 20.8 Å². The number of hydrogen-bond donors (Lipinski definition) is 1. The largest absolute Gasteiger partial charge is 0.478 e. The van der Waals surface area contributed by atoms with Crippen molar-refractivity contribution >= 4 is 23.6 Å². The zero-order chi connectivity index (χ0) is 19.7. The third kappa shape index (κ3) is 4.88. The fraction of sp³-hybridized carbons (Fsp3) is 0.333. The predicted molar refractivity (Wildman–Crippen MR) is 93.2 cm³/mol. The van der Waals surface area contributed by atoms with E-state index in [-0.39, 0.29) is 17.0 Å². The highest BCUT2D eigenvalue weighted by molar-refractivity contribution is 6.31. The quantitative estimate of drug-likeness (QED) is 0.752. The minimum atomic E-state index is -4.47. The summed E-state index contributed by atoms with van der Waals surface area (Å²) in [4.78, 5) is 10.8. The number of alkyl halides is 3. The number of carbonyl (C=O) groups is 1. The molecule has 1 N–H and O–H groups in total. The van der Waals surface area contributed by atoms with Gasteiger partial charge in [-0.05, 0) is 29.8 Å². The van der Waals surface area contributed by atoms with Crippen molar-refractivity contribution in [2.45, 2.75) is 38.9 Å². The van der Waals surface area contributed by atoms with Crippen molar-refractivity contribution in [2.75, 3.05) is 0 Å². The van der Waals surface area contributed by atoms with Gasteiger partial charge in [0.1, 0.15) is 0 Å². The van der Waals surface area contributed by atoms with Crippen LogP contribution in [0.1, 0.15) is 43.3 Å². The molecule has 8 heteroatoms. The summed E-state index contributed by atoms with van der Waals surface area (Å²) in [6.07, 6.45) is -2.10. The van der Waals surface area contributed by atoms with Crippen LogP contribution in [-0.4, -0.2) is 20.9 Å². The second kappa shape index (κ2) is 7.15. The van der Waals surface area contributed by atoms with Gasteiger partial charge in [-0.25, -0.2) is 4.79 Å². The number of carboxylic acids is 1. The van der Waals surface area contributed by atoms with Crippen LogP contribution in [0.3, 0.4) is 0 Å². The Balaban J connectivity index is 2.42. The van der Waals surface area contributed by atoms with Crippen molar-refractivity contribution < 1.29 is 23.1 Å². The summed E-state index contributed by atoms with van der Waals surface area (Å²) in [5.41, 5.74) is 0.598. The van der Waals surface area contributed by atoms with Gasteiger partial charge in [-0.3, -0.25) is 4.68 Å². The molecular formula is C18H18ClF3N2O2. The molecule has 0 saturated heterocycles. The van der Waals surface area contributed by atoms with Gasteiger partial charge < -0.3 is 5.11 Å². The molecule has 0 amide bonds. The maximum atomic E-state index is 12.8. The van der Waals surface area contributed by atoms with E-state index in [1.54, 1.807) is 6.07 Å². The van der Waals surface area contributed by atoms with Gasteiger partial charge in [0.15, 0.2) is 0 Å². The molecule has 2 rings (SSSR count). The standard InChI is InChI=1S/C18H18ClF3N2O2/c1-17(2,3)15-9-13(6-7-16(25)26)24(23-15)10-11-4-5-12(8-14(11)19)18(20,21)22/h4-9H,10H2,1-3H3,(H,25,26). The van der Waals surface area contributed by atoms with Gasteiger partial charge in [-0.1, -0.05) is 38.4 Å². The third-order valence-corrected chi connectivity index (χ3v) is 4.03. The number of aliphatic carboxylic acids is 1. The molecule has 0 aliphatic heterocycles. The molecule has 1 heterocycles. The van der Waals surface area contributed by atoms with Gasteiger partial charge in [0.05, 0.1) is 23.5 Å². The highest BCUT2D eigenvalue weighted by Crippen LogP contribution is 2.32. The average molecular weight is 387 g/mol. The molecule has 0 aliphatic carbocycles. The second-order valence-corrected chi connectivity index (χ2v) is 7.24. The summed E-state index contributed by atoms with van der Waals surface area (Å²) in [5.74, 6) is -1.11. The van der Waals surface area contributed by atoms with Crippen molar-refractivity contribution in [2.24, 2.45) is 0 Å². The first-order valence-corrected chi connectivity index (χ1v) is 8.10. The molecule has 2 aromatic rings. The van der Waals surface area contributed by atoms with Gasteiger partial charge >= 0.3 is 12.1 Å². The average Bonchev–Trinajstić information content (AvgIpc) is 2.89. The van der Waals surface area contributed by atoms with Crippen molar-refractivity contribution in [1.29, 1.82) is 0 Å². The molecule has 0 fully saturated rings. The first-order valence-electron chi connectivity index (χ1n) is 7.73. The van der Waals surface area contributed by atoms with Crippen molar-refractivity contribution in [1.82, 2.24) is 9.78 Å². The molecule has 0 radical (unpaired) electrons. The van der Waals surface area contributed by atoms with E-state index >= 15 is 0 Å². The minimum Gasteiger partial charge on any atom is -0.478 e. The zero-order valence-electron chi connectivity index (χ0n) is 14.4. The van der Waals surface area contributed by atoms with Crippen LogP contribution in [0.4, 0.5) is 13.2 Å². The molecule has 0 bridgehead atoms. The molecule has 0 spiro atoms. The lowest BCUT2D eigenvalue weighted by Crippen LogP contribution is -2.13.